The lowest BCUT2D eigenvalue weighted by Crippen LogP contribution is -2.42. The van der Waals surface area contributed by atoms with Crippen LogP contribution < -0.4 is 5.32 Å². The highest BCUT2D eigenvalue weighted by molar-refractivity contribution is 4.79. The highest BCUT2D eigenvalue weighted by atomic mass is 16.2. The fraction of sp³-hybridized carbons (Fsp3) is 0.889. The highest BCUT2D eigenvalue weighted by Crippen LogP contribution is 2.04. The summed E-state index contributed by atoms with van der Waals surface area (Å²) in [5, 5.41) is 13.4. The Bertz CT molecular complexity index is 96.2. The van der Waals surface area contributed by atoms with Gasteiger partial charge < -0.3 is 5.32 Å². The van der Waals surface area contributed by atoms with Crippen LogP contribution in [0.1, 0.15) is 33.6 Å². The van der Waals surface area contributed by atoms with Crippen LogP contribution >= 0.6 is 0 Å². The van der Waals surface area contributed by atoms with Crippen molar-refractivity contribution in [3.63, 3.8) is 0 Å². The molecule has 0 amide bonds. The van der Waals surface area contributed by atoms with Crippen molar-refractivity contribution in [2.45, 2.75) is 45.2 Å². The molecule has 66 valence electrons. The van der Waals surface area contributed by atoms with E-state index in [1.807, 2.05) is 0 Å². The van der Waals surface area contributed by atoms with Crippen LogP contribution in [0.3, 0.4) is 0 Å². The second kappa shape index (κ2) is 4.73. The van der Waals surface area contributed by atoms with Gasteiger partial charge in [0, 0.05) is 11.6 Å². The Hall–Kier alpha value is -0.0800. The van der Waals surface area contributed by atoms with Crippen LogP contribution in [-0.2, 0) is 5.11 Å². The predicted octanol–water partition coefficient (Wildman–Crippen LogP) is 1.79. The van der Waals surface area contributed by atoms with Gasteiger partial charge in [-0.3, -0.25) is 0 Å². The first kappa shape index (κ1) is 10.9. The highest BCUT2D eigenvalue weighted by Gasteiger charge is 2.12. The van der Waals surface area contributed by atoms with Crippen LogP contribution in [0.25, 0.3) is 0 Å². The van der Waals surface area contributed by atoms with E-state index >= 15 is 0 Å². The van der Waals surface area contributed by atoms with Gasteiger partial charge in [-0.15, -0.1) is 0 Å². The van der Waals surface area contributed by atoms with Gasteiger partial charge in [0.1, 0.15) is 0 Å². The maximum absolute atomic E-state index is 10.1. The fourth-order valence-electron chi connectivity index (χ4n) is 1.01. The first-order valence-electron chi connectivity index (χ1n) is 4.14. The molecule has 0 rings (SSSR count). The maximum Gasteiger partial charge on any atom is 0.0822 e. The van der Waals surface area contributed by atoms with Crippen LogP contribution in [0.2, 0.25) is 0 Å². The molecule has 0 bridgehead atoms. The molecule has 0 aromatic rings. The molecular weight excluding hydrogens is 138 g/mol. The Morgan fingerprint density at radius 2 is 2.00 bits per heavy atom. The molecule has 0 saturated carbocycles. The molecule has 0 saturated heterocycles. The van der Waals surface area contributed by atoms with Gasteiger partial charge in [0.25, 0.3) is 0 Å². The Morgan fingerprint density at radius 1 is 1.45 bits per heavy atom. The molecule has 0 aromatic heterocycles. The second-order valence-electron chi connectivity index (χ2n) is 3.94. The first-order valence-corrected chi connectivity index (χ1v) is 4.14. The Labute approximate surface area is 70.0 Å². The zero-order valence-electron chi connectivity index (χ0n) is 7.81. The monoisotopic (exact) mass is 157 g/mol. The quantitative estimate of drug-likeness (QED) is 0.663. The standard InChI is InChI=1S/C9H19NO/c1-8(6-5-7-11)10-9(2,3)4/h8,10H,1,5-7H2,2-4H3. The van der Waals surface area contributed by atoms with Crippen molar-refractivity contribution in [2.24, 2.45) is 0 Å². The molecule has 0 aliphatic rings. The van der Waals surface area contributed by atoms with Gasteiger partial charge in [0.05, 0.1) is 6.61 Å². The van der Waals surface area contributed by atoms with E-state index in [2.05, 4.69) is 33.0 Å². The number of nitrogens with one attached hydrogen (secondary N) is 1. The van der Waals surface area contributed by atoms with Gasteiger partial charge in [0.15, 0.2) is 0 Å². The third kappa shape index (κ3) is 7.82. The largest absolute Gasteiger partial charge is 0.309 e. The molecule has 0 heterocycles. The van der Waals surface area contributed by atoms with Gasteiger partial charge in [-0.1, -0.05) is 0 Å². The van der Waals surface area contributed by atoms with Crippen LogP contribution in [0.5, 0.6) is 0 Å². The molecule has 2 nitrogen and oxygen atoms in total. The maximum atomic E-state index is 10.1. The van der Waals surface area contributed by atoms with Crippen molar-refractivity contribution in [2.75, 3.05) is 6.61 Å². The summed E-state index contributed by atoms with van der Waals surface area (Å²) in [4.78, 5) is 0. The average molecular weight is 157 g/mol. The molecule has 1 unspecified atom stereocenters. The summed E-state index contributed by atoms with van der Waals surface area (Å²) in [6, 6.07) is 0.212. The van der Waals surface area contributed by atoms with Gasteiger partial charge in [0.2, 0.25) is 0 Å². The van der Waals surface area contributed by atoms with Gasteiger partial charge in [-0.25, -0.2) is 5.11 Å². The van der Waals surface area contributed by atoms with E-state index in [9.17, 15) is 5.11 Å². The SMILES string of the molecule is [CH2]C(CCC[O])NC(C)(C)C. The first-order chi connectivity index (χ1) is 4.95. The molecule has 0 spiro atoms. The topological polar surface area (TPSA) is 31.9 Å². The van der Waals surface area contributed by atoms with Crippen molar-refractivity contribution in [3.05, 3.63) is 6.92 Å². The van der Waals surface area contributed by atoms with Crippen LogP contribution in [0.15, 0.2) is 0 Å². The summed E-state index contributed by atoms with van der Waals surface area (Å²) in [5.74, 6) is 0. The number of hydrogen-bond acceptors (Lipinski definition) is 1. The lowest BCUT2D eigenvalue weighted by molar-refractivity contribution is 0.182. The molecule has 1 N–H and O–H groups in total. The lowest BCUT2D eigenvalue weighted by atomic mass is 10.1. The molecule has 2 heteroatoms. The molecule has 0 aliphatic carbocycles. The molecule has 11 heavy (non-hydrogen) atoms. The molecule has 2 radical (unpaired) electrons. The Kier molecular flexibility index (Phi) is 4.69. The van der Waals surface area contributed by atoms with Crippen molar-refractivity contribution in [3.8, 4) is 0 Å². The number of hydrogen-bond donors (Lipinski definition) is 1. The summed E-state index contributed by atoms with van der Waals surface area (Å²) in [6.07, 6.45) is 1.60. The minimum absolute atomic E-state index is 0.0117. The van der Waals surface area contributed by atoms with E-state index in [-0.39, 0.29) is 18.2 Å². The Balaban J connectivity index is 3.44. The van der Waals surface area contributed by atoms with Gasteiger partial charge in [-0.2, -0.15) is 0 Å². The smallest absolute Gasteiger partial charge is 0.0822 e. The normalized spacial score (nSPS) is 15.0. The summed E-state index contributed by atoms with van der Waals surface area (Å²) in [7, 11) is 0. The van der Waals surface area contributed by atoms with Crippen molar-refractivity contribution in [1.82, 2.24) is 5.32 Å². The molecule has 0 fully saturated rings. The van der Waals surface area contributed by atoms with E-state index < -0.39 is 0 Å². The summed E-state index contributed by atoms with van der Waals surface area (Å²) in [6.45, 7) is 10.2. The van der Waals surface area contributed by atoms with Crippen molar-refractivity contribution in [1.29, 1.82) is 0 Å². The molecule has 1 atom stereocenters. The van der Waals surface area contributed by atoms with E-state index in [0.29, 0.717) is 0 Å². The van der Waals surface area contributed by atoms with Crippen LogP contribution in [0, 0.1) is 6.92 Å². The third-order valence-electron chi connectivity index (χ3n) is 1.33. The average Bonchev–Trinajstić information content (AvgIpc) is 1.79. The zero-order chi connectivity index (χ0) is 8.91. The molecule has 0 aromatic carbocycles. The lowest BCUT2D eigenvalue weighted by Gasteiger charge is -2.25. The van der Waals surface area contributed by atoms with Crippen LogP contribution in [-0.4, -0.2) is 18.2 Å². The Morgan fingerprint density at radius 3 is 2.36 bits per heavy atom. The van der Waals surface area contributed by atoms with Gasteiger partial charge >= 0.3 is 0 Å². The summed E-state index contributed by atoms with van der Waals surface area (Å²) in [5.41, 5.74) is 0.106. The minimum Gasteiger partial charge on any atom is -0.309 e. The van der Waals surface area contributed by atoms with Crippen molar-refractivity contribution >= 4 is 0 Å². The molecule has 0 aliphatic heterocycles. The number of rotatable bonds is 4. The van der Waals surface area contributed by atoms with Crippen LogP contribution in [0.4, 0.5) is 0 Å². The third-order valence-corrected chi connectivity index (χ3v) is 1.33. The zero-order valence-corrected chi connectivity index (χ0v) is 7.81. The van der Waals surface area contributed by atoms with Crippen molar-refractivity contribution < 1.29 is 5.11 Å². The van der Waals surface area contributed by atoms with E-state index in [1.54, 1.807) is 0 Å². The molecular formula is C9H19NO. The van der Waals surface area contributed by atoms with E-state index in [1.165, 1.54) is 0 Å². The predicted molar refractivity (Wildman–Crippen MR) is 46.8 cm³/mol. The second-order valence-corrected chi connectivity index (χ2v) is 3.94. The van der Waals surface area contributed by atoms with Gasteiger partial charge in [-0.05, 0) is 40.5 Å². The fourth-order valence-corrected chi connectivity index (χ4v) is 1.01. The van der Waals surface area contributed by atoms with E-state index in [4.69, 9.17) is 0 Å². The minimum atomic E-state index is 0.0117. The van der Waals surface area contributed by atoms with E-state index in [0.717, 1.165) is 12.8 Å². The summed E-state index contributed by atoms with van der Waals surface area (Å²) < 4.78 is 0. The summed E-state index contributed by atoms with van der Waals surface area (Å²) >= 11 is 0.